The van der Waals surface area contributed by atoms with Gasteiger partial charge in [0.25, 0.3) is 0 Å². The maximum atomic E-state index is 5.31. The third-order valence-electron chi connectivity index (χ3n) is 8.94. The Morgan fingerprint density at radius 3 is 2.27 bits per heavy atom. The third-order valence-corrected chi connectivity index (χ3v) is 8.94. The van der Waals surface area contributed by atoms with Crippen molar-refractivity contribution in [2.24, 2.45) is 0 Å². The second kappa shape index (κ2) is 7.58. The molecule has 0 saturated carbocycles. The third kappa shape index (κ3) is 2.60. The number of rotatable bonds is 1. The summed E-state index contributed by atoms with van der Waals surface area (Å²) in [6.07, 6.45) is 2.78. The van der Waals surface area contributed by atoms with Gasteiger partial charge in [-0.1, -0.05) is 72.8 Å². The highest BCUT2D eigenvalue weighted by atomic mass is 15.1. The van der Waals surface area contributed by atoms with Crippen LogP contribution in [0.2, 0.25) is 0 Å². The van der Waals surface area contributed by atoms with E-state index in [9.17, 15) is 0 Å². The minimum absolute atomic E-state index is 0.882. The Balaban J connectivity index is 1.61. The van der Waals surface area contributed by atoms with Crippen LogP contribution in [0.4, 0.5) is 0 Å². The van der Waals surface area contributed by atoms with E-state index in [4.69, 9.17) is 9.97 Å². The van der Waals surface area contributed by atoms with Crippen LogP contribution < -0.4 is 0 Å². The fourth-order valence-electron chi connectivity index (χ4n) is 7.39. The summed E-state index contributed by atoms with van der Waals surface area (Å²) < 4.78 is 4.73. The van der Waals surface area contributed by atoms with E-state index in [1.54, 1.807) is 0 Å². The fourth-order valence-corrected chi connectivity index (χ4v) is 7.39. The molecule has 9 aromatic rings. The number of para-hydroxylation sites is 4. The molecule has 4 nitrogen and oxygen atoms in total. The molecule has 5 aromatic carbocycles. The number of hydrogen-bond donors (Lipinski definition) is 0. The lowest BCUT2D eigenvalue weighted by atomic mass is 9.92. The Morgan fingerprint density at radius 2 is 1.34 bits per heavy atom. The first-order valence-corrected chi connectivity index (χ1v) is 14.1. The number of nitrogens with zero attached hydrogens (tertiary/aromatic N) is 4. The quantitative estimate of drug-likeness (QED) is 0.202. The molecular formula is C37H22N4. The predicted octanol–water partition coefficient (Wildman–Crippen LogP) is 8.86. The molecule has 1 aliphatic rings. The lowest BCUT2D eigenvalue weighted by molar-refractivity contribution is 1.18. The van der Waals surface area contributed by atoms with E-state index < -0.39 is 0 Å². The smallest absolute Gasteiger partial charge is 0.147 e. The van der Waals surface area contributed by atoms with Crippen LogP contribution in [-0.2, 0) is 6.42 Å². The molecule has 0 atom stereocenters. The summed E-state index contributed by atoms with van der Waals surface area (Å²) in [6.45, 7) is 0. The summed E-state index contributed by atoms with van der Waals surface area (Å²) in [7, 11) is 0. The molecule has 10 rings (SSSR count). The number of benzene rings is 5. The molecule has 0 unspecified atom stereocenters. The Kier molecular flexibility index (Phi) is 3.95. The molecule has 4 heteroatoms. The van der Waals surface area contributed by atoms with E-state index in [1.165, 1.54) is 54.8 Å². The highest BCUT2D eigenvalue weighted by molar-refractivity contribution is 6.33. The summed E-state index contributed by atoms with van der Waals surface area (Å²) in [5.41, 5.74) is 12.9. The van der Waals surface area contributed by atoms with Crippen LogP contribution in [0.25, 0.3) is 77.1 Å². The second-order valence-electron chi connectivity index (χ2n) is 11.0. The van der Waals surface area contributed by atoms with Crippen molar-refractivity contribution >= 4 is 60.3 Å². The van der Waals surface area contributed by atoms with E-state index in [1.807, 2.05) is 6.20 Å². The predicted molar refractivity (Wildman–Crippen MR) is 168 cm³/mol. The van der Waals surface area contributed by atoms with Crippen molar-refractivity contribution in [3.05, 3.63) is 133 Å². The standard InChI is InChI=1S/C37H22N4/c1-2-12-23(13-3-1)40-29-18-8-6-15-25(29)32-31-24-14-5-4-11-22(24)21-27(31)34-33(35(32)40)26-16-10-20-38-36(26)41-30-19-9-7-17-28(30)39-37(34)41/h1-20H,21H2. The Hall–Kier alpha value is -5.48. The van der Waals surface area contributed by atoms with E-state index in [0.29, 0.717) is 0 Å². The minimum atomic E-state index is 0.882. The zero-order valence-corrected chi connectivity index (χ0v) is 22.0. The number of hydrogen-bond acceptors (Lipinski definition) is 2. The first-order chi connectivity index (χ1) is 20.4. The van der Waals surface area contributed by atoms with Crippen LogP contribution >= 0.6 is 0 Å². The summed E-state index contributed by atoms with van der Waals surface area (Å²) >= 11 is 0. The van der Waals surface area contributed by atoms with E-state index in [2.05, 4.69) is 124 Å². The zero-order chi connectivity index (χ0) is 26.7. The highest BCUT2D eigenvalue weighted by Gasteiger charge is 2.31. The monoisotopic (exact) mass is 522 g/mol. The molecule has 0 amide bonds. The number of fused-ring (bicyclic) bond motifs is 17. The summed E-state index contributed by atoms with van der Waals surface area (Å²) in [6, 6.07) is 41.2. The maximum absolute atomic E-state index is 5.31. The molecular weight excluding hydrogens is 500 g/mol. The van der Waals surface area contributed by atoms with Gasteiger partial charge in [-0.15, -0.1) is 0 Å². The lowest BCUT2D eigenvalue weighted by Gasteiger charge is -2.16. The zero-order valence-electron chi connectivity index (χ0n) is 22.0. The van der Waals surface area contributed by atoms with Gasteiger partial charge in [-0.3, -0.25) is 4.40 Å². The van der Waals surface area contributed by atoms with Crippen molar-refractivity contribution < 1.29 is 0 Å². The Labute approximate surface area is 234 Å². The molecule has 1 aliphatic carbocycles. The molecule has 4 aromatic heterocycles. The molecule has 190 valence electrons. The van der Waals surface area contributed by atoms with Crippen molar-refractivity contribution in [1.29, 1.82) is 0 Å². The van der Waals surface area contributed by atoms with Crippen molar-refractivity contribution in [2.75, 3.05) is 0 Å². The van der Waals surface area contributed by atoms with Crippen molar-refractivity contribution in [1.82, 2.24) is 18.9 Å². The van der Waals surface area contributed by atoms with Gasteiger partial charge in [-0.05, 0) is 71.1 Å². The summed E-state index contributed by atoms with van der Waals surface area (Å²) in [5, 5.41) is 6.16. The largest absolute Gasteiger partial charge is 0.309 e. The van der Waals surface area contributed by atoms with Gasteiger partial charge in [0.2, 0.25) is 0 Å². The van der Waals surface area contributed by atoms with Gasteiger partial charge in [0.15, 0.2) is 0 Å². The molecule has 0 bridgehead atoms. The SMILES string of the molecule is c1ccc(-n2c3ccccc3c3c4c(c5c(c6cccnc6n6c7ccccc7nc56)c32)Cc2ccccc2-4)cc1. The van der Waals surface area contributed by atoms with Crippen molar-refractivity contribution in [3.63, 3.8) is 0 Å². The van der Waals surface area contributed by atoms with Gasteiger partial charge in [-0.2, -0.15) is 0 Å². The fraction of sp³-hybridized carbons (Fsp3) is 0.0270. The molecule has 0 aliphatic heterocycles. The number of imidazole rings is 1. The molecule has 4 heterocycles. The van der Waals surface area contributed by atoms with Gasteiger partial charge in [0.05, 0.1) is 22.1 Å². The number of aromatic nitrogens is 4. The first kappa shape index (κ1) is 21.4. The van der Waals surface area contributed by atoms with Crippen LogP contribution in [0, 0.1) is 0 Å². The molecule has 0 radical (unpaired) electrons. The Bertz CT molecular complexity index is 2550. The van der Waals surface area contributed by atoms with Crippen LogP contribution in [0.1, 0.15) is 11.1 Å². The summed E-state index contributed by atoms with van der Waals surface area (Å²) in [5.74, 6) is 0. The van der Waals surface area contributed by atoms with Crippen LogP contribution in [0.15, 0.2) is 121 Å². The van der Waals surface area contributed by atoms with Gasteiger partial charge >= 0.3 is 0 Å². The second-order valence-corrected chi connectivity index (χ2v) is 11.0. The normalized spacial score (nSPS) is 12.8. The molecule has 0 N–H and O–H groups in total. The number of pyridine rings is 2. The highest BCUT2D eigenvalue weighted by Crippen LogP contribution is 2.52. The first-order valence-electron chi connectivity index (χ1n) is 14.1. The van der Waals surface area contributed by atoms with E-state index in [0.717, 1.165) is 39.8 Å². The minimum Gasteiger partial charge on any atom is -0.309 e. The molecule has 0 saturated heterocycles. The van der Waals surface area contributed by atoms with Gasteiger partial charge in [0, 0.05) is 38.8 Å². The van der Waals surface area contributed by atoms with E-state index >= 15 is 0 Å². The molecule has 0 fully saturated rings. The average molecular weight is 523 g/mol. The van der Waals surface area contributed by atoms with Gasteiger partial charge in [0.1, 0.15) is 11.3 Å². The van der Waals surface area contributed by atoms with Crippen molar-refractivity contribution in [2.45, 2.75) is 6.42 Å². The van der Waals surface area contributed by atoms with Gasteiger partial charge in [-0.25, -0.2) is 9.97 Å². The van der Waals surface area contributed by atoms with Crippen LogP contribution in [0.5, 0.6) is 0 Å². The average Bonchev–Trinajstić information content (AvgIpc) is 3.71. The summed E-state index contributed by atoms with van der Waals surface area (Å²) in [4.78, 5) is 10.3. The van der Waals surface area contributed by atoms with Crippen molar-refractivity contribution in [3.8, 4) is 16.8 Å². The topological polar surface area (TPSA) is 35.1 Å². The molecule has 0 spiro atoms. The Morgan fingerprint density at radius 1 is 0.585 bits per heavy atom. The molecule has 41 heavy (non-hydrogen) atoms. The van der Waals surface area contributed by atoms with Crippen LogP contribution in [-0.4, -0.2) is 18.9 Å². The van der Waals surface area contributed by atoms with Crippen LogP contribution in [0.3, 0.4) is 0 Å². The maximum Gasteiger partial charge on any atom is 0.147 e. The van der Waals surface area contributed by atoms with E-state index in [-0.39, 0.29) is 0 Å². The van der Waals surface area contributed by atoms with Gasteiger partial charge < -0.3 is 4.57 Å². The lowest BCUT2D eigenvalue weighted by Crippen LogP contribution is -2.00.